The molecule has 0 spiro atoms. The van der Waals surface area contributed by atoms with Crippen LogP contribution >= 0.6 is 22.9 Å². The molecule has 6 heteroatoms. The van der Waals surface area contributed by atoms with Crippen LogP contribution in [0.3, 0.4) is 0 Å². The van der Waals surface area contributed by atoms with Crippen LogP contribution in [0, 0.1) is 0 Å². The molecule has 2 aromatic rings. The first-order chi connectivity index (χ1) is 7.66. The first-order valence-corrected chi connectivity index (χ1v) is 5.87. The average molecular weight is 256 g/mol. The first-order valence-electron chi connectivity index (χ1n) is 4.61. The summed E-state index contributed by atoms with van der Waals surface area (Å²) in [4.78, 5) is 13.6. The summed E-state index contributed by atoms with van der Waals surface area (Å²) in [5.74, 6) is 0. The van der Waals surface area contributed by atoms with Gasteiger partial charge < -0.3 is 16.0 Å². The van der Waals surface area contributed by atoms with Crippen LogP contribution in [0.1, 0.15) is 5.69 Å². The molecule has 0 aliphatic carbocycles. The van der Waals surface area contributed by atoms with Crippen LogP contribution in [-0.2, 0) is 6.54 Å². The first kappa shape index (κ1) is 11.0. The number of anilines is 2. The number of benzene rings is 1. The van der Waals surface area contributed by atoms with Crippen LogP contribution in [0.15, 0.2) is 28.4 Å². The van der Waals surface area contributed by atoms with E-state index < -0.39 is 0 Å². The third-order valence-corrected chi connectivity index (χ3v) is 3.11. The van der Waals surface area contributed by atoms with E-state index in [-0.39, 0.29) is 4.87 Å². The molecule has 4 N–H and O–H groups in total. The predicted molar refractivity (Wildman–Crippen MR) is 68.1 cm³/mol. The van der Waals surface area contributed by atoms with Gasteiger partial charge in [-0.25, -0.2) is 0 Å². The fourth-order valence-electron chi connectivity index (χ4n) is 1.31. The lowest BCUT2D eigenvalue weighted by atomic mass is 10.2. The largest absolute Gasteiger partial charge is 0.397 e. The number of hydrogen-bond acceptors (Lipinski definition) is 4. The standard InChI is InChI=1S/C10H10ClN3OS/c11-7-2-1-3-8(12)9(7)13-4-6-5-16-10(15)14-6/h1-3,5,13H,4,12H2,(H,14,15). The zero-order valence-electron chi connectivity index (χ0n) is 8.29. The molecule has 0 saturated carbocycles. The molecular weight excluding hydrogens is 246 g/mol. The second-order valence-corrected chi connectivity index (χ2v) is 4.48. The van der Waals surface area contributed by atoms with E-state index in [9.17, 15) is 4.79 Å². The Morgan fingerprint density at radius 2 is 2.31 bits per heavy atom. The van der Waals surface area contributed by atoms with Gasteiger partial charge in [0, 0.05) is 11.1 Å². The summed E-state index contributed by atoms with van der Waals surface area (Å²) in [5.41, 5.74) is 7.87. The highest BCUT2D eigenvalue weighted by molar-refractivity contribution is 7.07. The molecule has 0 saturated heterocycles. The van der Waals surface area contributed by atoms with E-state index in [1.54, 1.807) is 23.6 Å². The van der Waals surface area contributed by atoms with Crippen molar-refractivity contribution in [2.75, 3.05) is 11.1 Å². The van der Waals surface area contributed by atoms with Crippen molar-refractivity contribution < 1.29 is 0 Å². The second-order valence-electron chi connectivity index (χ2n) is 3.23. The van der Waals surface area contributed by atoms with Crippen LogP contribution < -0.4 is 15.9 Å². The van der Waals surface area contributed by atoms with E-state index >= 15 is 0 Å². The molecule has 1 aromatic heterocycles. The number of aromatic amines is 1. The molecule has 4 nitrogen and oxygen atoms in total. The third kappa shape index (κ3) is 2.37. The molecule has 0 bridgehead atoms. The molecule has 84 valence electrons. The second kappa shape index (κ2) is 4.59. The molecule has 16 heavy (non-hydrogen) atoms. The van der Waals surface area contributed by atoms with E-state index in [2.05, 4.69) is 10.3 Å². The van der Waals surface area contributed by atoms with E-state index in [0.29, 0.717) is 22.9 Å². The van der Waals surface area contributed by atoms with Crippen LogP contribution in [-0.4, -0.2) is 4.98 Å². The van der Waals surface area contributed by atoms with Gasteiger partial charge in [0.25, 0.3) is 0 Å². The summed E-state index contributed by atoms with van der Waals surface area (Å²) in [6.45, 7) is 0.493. The van der Waals surface area contributed by atoms with Crippen molar-refractivity contribution in [3.05, 3.63) is 44.0 Å². The SMILES string of the molecule is Nc1cccc(Cl)c1NCc1csc(=O)[nH]1. The van der Waals surface area contributed by atoms with Gasteiger partial charge in [-0.2, -0.15) is 0 Å². The number of aromatic nitrogens is 1. The van der Waals surface area contributed by atoms with Gasteiger partial charge in [0.1, 0.15) is 0 Å². The molecule has 1 aromatic carbocycles. The topological polar surface area (TPSA) is 70.9 Å². The molecular formula is C10H10ClN3OS. The Morgan fingerprint density at radius 3 is 2.94 bits per heavy atom. The summed E-state index contributed by atoms with van der Waals surface area (Å²) in [6, 6.07) is 5.32. The Morgan fingerprint density at radius 1 is 1.50 bits per heavy atom. The number of para-hydroxylation sites is 1. The van der Waals surface area contributed by atoms with E-state index in [1.165, 1.54) is 0 Å². The van der Waals surface area contributed by atoms with Crippen molar-refractivity contribution >= 4 is 34.3 Å². The lowest BCUT2D eigenvalue weighted by molar-refractivity contribution is 1.06. The third-order valence-electron chi connectivity index (χ3n) is 2.07. The van der Waals surface area contributed by atoms with Crippen molar-refractivity contribution in [1.29, 1.82) is 0 Å². The van der Waals surface area contributed by atoms with Gasteiger partial charge in [0.2, 0.25) is 0 Å². The molecule has 0 radical (unpaired) electrons. The van der Waals surface area contributed by atoms with Gasteiger partial charge in [-0.1, -0.05) is 29.0 Å². The Labute approximate surface area is 101 Å². The number of rotatable bonds is 3. The zero-order valence-corrected chi connectivity index (χ0v) is 9.86. The molecule has 0 amide bonds. The summed E-state index contributed by atoms with van der Waals surface area (Å²) >= 11 is 7.12. The highest BCUT2D eigenvalue weighted by atomic mass is 35.5. The molecule has 0 aliphatic heterocycles. The fraction of sp³-hybridized carbons (Fsp3) is 0.100. The minimum Gasteiger partial charge on any atom is -0.397 e. The summed E-state index contributed by atoms with van der Waals surface area (Å²) in [5, 5.41) is 5.42. The van der Waals surface area contributed by atoms with Crippen LogP contribution in [0.5, 0.6) is 0 Å². The van der Waals surface area contributed by atoms with Crippen LogP contribution in [0.25, 0.3) is 0 Å². The molecule has 0 unspecified atom stereocenters. The molecule has 1 heterocycles. The van der Waals surface area contributed by atoms with Crippen molar-refractivity contribution in [2.24, 2.45) is 0 Å². The number of nitrogens with one attached hydrogen (secondary N) is 2. The number of nitrogens with two attached hydrogens (primary N) is 1. The Hall–Kier alpha value is -1.46. The minimum atomic E-state index is -0.0658. The van der Waals surface area contributed by atoms with Crippen molar-refractivity contribution in [3.8, 4) is 0 Å². The van der Waals surface area contributed by atoms with E-state index in [4.69, 9.17) is 17.3 Å². The van der Waals surface area contributed by atoms with Crippen LogP contribution in [0.2, 0.25) is 5.02 Å². The number of nitrogen functional groups attached to an aromatic ring is 1. The smallest absolute Gasteiger partial charge is 0.304 e. The Bertz CT molecular complexity index is 529. The number of H-pyrrole nitrogens is 1. The van der Waals surface area contributed by atoms with Crippen molar-refractivity contribution in [3.63, 3.8) is 0 Å². The predicted octanol–water partition coefficient (Wildman–Crippen LogP) is 2.28. The zero-order chi connectivity index (χ0) is 11.5. The Balaban J connectivity index is 2.13. The van der Waals surface area contributed by atoms with Gasteiger partial charge >= 0.3 is 4.87 Å². The van der Waals surface area contributed by atoms with Gasteiger partial charge in [0.15, 0.2) is 0 Å². The lowest BCUT2D eigenvalue weighted by Crippen LogP contribution is -2.05. The quantitative estimate of drug-likeness (QED) is 0.737. The molecule has 0 fully saturated rings. The van der Waals surface area contributed by atoms with Gasteiger partial charge in [0.05, 0.1) is 22.9 Å². The van der Waals surface area contributed by atoms with Crippen molar-refractivity contribution in [2.45, 2.75) is 6.54 Å². The highest BCUT2D eigenvalue weighted by Gasteiger charge is 2.04. The monoisotopic (exact) mass is 255 g/mol. The molecule has 0 atom stereocenters. The minimum absolute atomic E-state index is 0.0658. The maximum absolute atomic E-state index is 10.9. The summed E-state index contributed by atoms with van der Waals surface area (Å²) in [7, 11) is 0. The van der Waals surface area contributed by atoms with Gasteiger partial charge in [-0.05, 0) is 12.1 Å². The summed E-state index contributed by atoms with van der Waals surface area (Å²) in [6.07, 6.45) is 0. The number of halogens is 1. The maximum Gasteiger partial charge on any atom is 0.304 e. The van der Waals surface area contributed by atoms with Crippen molar-refractivity contribution in [1.82, 2.24) is 4.98 Å². The maximum atomic E-state index is 10.9. The van der Waals surface area contributed by atoms with Crippen LogP contribution in [0.4, 0.5) is 11.4 Å². The Kier molecular flexibility index (Phi) is 3.17. The molecule has 2 rings (SSSR count). The van der Waals surface area contributed by atoms with Gasteiger partial charge in [-0.15, -0.1) is 0 Å². The molecule has 0 aliphatic rings. The number of thiazole rings is 1. The number of hydrogen-bond donors (Lipinski definition) is 3. The highest BCUT2D eigenvalue weighted by Crippen LogP contribution is 2.27. The average Bonchev–Trinajstić information content (AvgIpc) is 2.63. The summed E-state index contributed by atoms with van der Waals surface area (Å²) < 4.78 is 0. The fourth-order valence-corrected chi connectivity index (χ4v) is 2.14. The lowest BCUT2D eigenvalue weighted by Gasteiger charge is -2.09. The van der Waals surface area contributed by atoms with E-state index in [0.717, 1.165) is 17.0 Å². The van der Waals surface area contributed by atoms with Gasteiger partial charge in [-0.3, -0.25) is 4.79 Å². The normalized spacial score (nSPS) is 10.3. The van der Waals surface area contributed by atoms with E-state index in [1.807, 2.05) is 0 Å².